The fraction of sp³-hybridized carbons (Fsp3) is 0.571. The molecule has 0 spiro atoms. The molecule has 1 aromatic carbocycles. The lowest BCUT2D eigenvalue weighted by molar-refractivity contribution is 0.191. The van der Waals surface area contributed by atoms with Crippen LogP contribution in [0.1, 0.15) is 81.9 Å². The van der Waals surface area contributed by atoms with Gasteiger partial charge in [-0.15, -0.1) is 0 Å². The van der Waals surface area contributed by atoms with Gasteiger partial charge in [-0.1, -0.05) is 69.7 Å². The number of nitrogens with zero attached hydrogens (tertiary/aromatic N) is 1. The predicted octanol–water partition coefficient (Wildman–Crippen LogP) is 7.37. The second-order valence-corrected chi connectivity index (χ2v) is 9.06. The van der Waals surface area contributed by atoms with Crippen molar-refractivity contribution in [2.75, 3.05) is 19.6 Å². The largest absolute Gasteiger partial charge is 0.299 e. The van der Waals surface area contributed by atoms with Crippen LogP contribution in [0, 0.1) is 5.92 Å². The van der Waals surface area contributed by atoms with Crippen molar-refractivity contribution in [2.45, 2.75) is 78.1 Å². The van der Waals surface area contributed by atoms with Crippen LogP contribution in [0.15, 0.2) is 48.6 Å². The molecule has 0 atom stereocenters. The summed E-state index contributed by atoms with van der Waals surface area (Å²) in [4.78, 5) is 2.65. The Labute approximate surface area is 179 Å². The van der Waals surface area contributed by atoms with Gasteiger partial charge in [-0.25, -0.2) is 0 Å². The minimum Gasteiger partial charge on any atom is -0.299 e. The van der Waals surface area contributed by atoms with Gasteiger partial charge in [-0.2, -0.15) is 0 Å². The minimum absolute atomic E-state index is 0.910. The SMILES string of the molecule is C=C(CCCC1CCN(CC2=CCCC=C2)CC1)c1ccc(CCC)c(CC)c1. The van der Waals surface area contributed by atoms with Crippen LogP contribution in [-0.2, 0) is 12.8 Å². The van der Waals surface area contributed by atoms with Gasteiger partial charge in [0.05, 0.1) is 0 Å². The smallest absolute Gasteiger partial charge is 0.0230 e. The summed E-state index contributed by atoms with van der Waals surface area (Å²) in [6.07, 6.45) is 19.6. The Hall–Kier alpha value is -1.60. The Morgan fingerprint density at radius 2 is 1.93 bits per heavy atom. The Morgan fingerprint density at radius 1 is 1.10 bits per heavy atom. The number of rotatable bonds is 10. The molecule has 1 fully saturated rings. The van der Waals surface area contributed by atoms with E-state index in [0.29, 0.717) is 0 Å². The predicted molar refractivity (Wildman–Crippen MR) is 128 cm³/mol. The van der Waals surface area contributed by atoms with Crippen molar-refractivity contribution in [1.82, 2.24) is 4.90 Å². The van der Waals surface area contributed by atoms with E-state index in [4.69, 9.17) is 0 Å². The Kier molecular flexibility index (Phi) is 8.80. The molecule has 0 aromatic heterocycles. The maximum absolute atomic E-state index is 4.41. The van der Waals surface area contributed by atoms with Crippen LogP contribution in [0.4, 0.5) is 0 Å². The lowest BCUT2D eigenvalue weighted by atomic mass is 9.89. The average molecular weight is 392 g/mol. The van der Waals surface area contributed by atoms with Gasteiger partial charge in [0, 0.05) is 6.54 Å². The van der Waals surface area contributed by atoms with Gasteiger partial charge in [0.15, 0.2) is 0 Å². The van der Waals surface area contributed by atoms with Crippen LogP contribution in [0.25, 0.3) is 5.57 Å². The number of likely N-dealkylation sites (tertiary alicyclic amines) is 1. The molecule has 3 rings (SSSR count). The van der Waals surface area contributed by atoms with E-state index in [2.05, 4.69) is 61.8 Å². The van der Waals surface area contributed by atoms with Gasteiger partial charge in [-0.05, 0) is 98.2 Å². The third-order valence-electron chi connectivity index (χ3n) is 6.79. The first-order valence-corrected chi connectivity index (χ1v) is 12.1. The van der Waals surface area contributed by atoms with Gasteiger partial charge >= 0.3 is 0 Å². The minimum atomic E-state index is 0.910. The third kappa shape index (κ3) is 6.71. The van der Waals surface area contributed by atoms with Gasteiger partial charge < -0.3 is 0 Å². The molecule has 1 saturated heterocycles. The first-order chi connectivity index (χ1) is 14.2. The van der Waals surface area contributed by atoms with Gasteiger partial charge in [0.2, 0.25) is 0 Å². The van der Waals surface area contributed by atoms with Crippen molar-refractivity contribution < 1.29 is 0 Å². The summed E-state index contributed by atoms with van der Waals surface area (Å²) in [5, 5.41) is 0. The highest BCUT2D eigenvalue weighted by molar-refractivity contribution is 5.64. The van der Waals surface area contributed by atoms with Crippen molar-refractivity contribution in [3.63, 3.8) is 0 Å². The van der Waals surface area contributed by atoms with Crippen molar-refractivity contribution in [3.8, 4) is 0 Å². The molecule has 0 amide bonds. The van der Waals surface area contributed by atoms with E-state index in [-0.39, 0.29) is 0 Å². The number of hydrogen-bond donors (Lipinski definition) is 0. The first kappa shape index (κ1) is 22.1. The molecule has 158 valence electrons. The molecule has 1 aromatic rings. The molecular formula is C28H41N. The van der Waals surface area contributed by atoms with E-state index in [1.807, 2.05) is 0 Å². The lowest BCUT2D eigenvalue weighted by Crippen LogP contribution is -2.35. The summed E-state index contributed by atoms with van der Waals surface area (Å²) in [5.74, 6) is 0.910. The quantitative estimate of drug-likeness (QED) is 0.402. The van der Waals surface area contributed by atoms with Crippen LogP contribution < -0.4 is 0 Å². The standard InChI is InChI=1S/C28H41N/c1-4-10-27-15-16-28(21-26(27)5-2)23(3)11-9-14-24-17-19-29(20-18-24)22-25-12-7-6-8-13-25/h7,12-13,15-16,21,24H,3-6,8-11,14,17-20,22H2,1-2H3. The molecule has 1 heterocycles. The second kappa shape index (κ2) is 11.6. The van der Waals surface area contributed by atoms with Gasteiger partial charge in [0.25, 0.3) is 0 Å². The zero-order valence-electron chi connectivity index (χ0n) is 18.9. The highest BCUT2D eigenvalue weighted by atomic mass is 15.1. The summed E-state index contributed by atoms with van der Waals surface area (Å²) in [7, 11) is 0. The number of benzene rings is 1. The van der Waals surface area contributed by atoms with Gasteiger partial charge in [0.1, 0.15) is 0 Å². The molecule has 0 radical (unpaired) electrons. The average Bonchev–Trinajstić information content (AvgIpc) is 2.76. The zero-order valence-corrected chi connectivity index (χ0v) is 18.9. The van der Waals surface area contributed by atoms with E-state index in [9.17, 15) is 0 Å². The molecule has 0 saturated carbocycles. The second-order valence-electron chi connectivity index (χ2n) is 9.06. The lowest BCUT2D eigenvalue weighted by Gasteiger charge is -2.32. The van der Waals surface area contributed by atoms with Crippen LogP contribution in [0.2, 0.25) is 0 Å². The molecule has 29 heavy (non-hydrogen) atoms. The Bertz CT molecular complexity index is 716. The Morgan fingerprint density at radius 3 is 2.62 bits per heavy atom. The summed E-state index contributed by atoms with van der Waals surface area (Å²) < 4.78 is 0. The molecular weight excluding hydrogens is 350 g/mol. The fourth-order valence-electron chi connectivity index (χ4n) is 4.91. The van der Waals surface area contributed by atoms with Crippen molar-refractivity contribution in [1.29, 1.82) is 0 Å². The first-order valence-electron chi connectivity index (χ1n) is 12.1. The van der Waals surface area contributed by atoms with Crippen LogP contribution >= 0.6 is 0 Å². The van der Waals surface area contributed by atoms with E-state index >= 15 is 0 Å². The molecule has 1 aliphatic heterocycles. The topological polar surface area (TPSA) is 3.24 Å². The monoisotopic (exact) mass is 391 g/mol. The van der Waals surface area contributed by atoms with Crippen LogP contribution in [0.5, 0.6) is 0 Å². The molecule has 1 aliphatic carbocycles. The van der Waals surface area contributed by atoms with Gasteiger partial charge in [-0.3, -0.25) is 4.90 Å². The van der Waals surface area contributed by atoms with Crippen molar-refractivity contribution >= 4 is 5.57 Å². The maximum Gasteiger partial charge on any atom is 0.0230 e. The molecule has 1 heteroatoms. The summed E-state index contributed by atoms with van der Waals surface area (Å²) in [6, 6.07) is 7.05. The van der Waals surface area contributed by atoms with Crippen molar-refractivity contribution in [2.24, 2.45) is 5.92 Å². The zero-order chi connectivity index (χ0) is 20.5. The van der Waals surface area contributed by atoms with E-state index in [1.165, 1.54) is 92.3 Å². The number of allylic oxidation sites excluding steroid dienone is 3. The van der Waals surface area contributed by atoms with Crippen LogP contribution in [0.3, 0.4) is 0 Å². The van der Waals surface area contributed by atoms with Crippen LogP contribution in [-0.4, -0.2) is 24.5 Å². The van der Waals surface area contributed by atoms with E-state index in [1.54, 1.807) is 0 Å². The third-order valence-corrected chi connectivity index (χ3v) is 6.79. The fourth-order valence-corrected chi connectivity index (χ4v) is 4.91. The maximum atomic E-state index is 4.41. The number of piperidine rings is 1. The molecule has 0 N–H and O–H groups in total. The van der Waals surface area contributed by atoms with E-state index < -0.39 is 0 Å². The Balaban J connectivity index is 1.38. The molecule has 2 aliphatic rings. The summed E-state index contributed by atoms with van der Waals surface area (Å²) in [6.45, 7) is 12.7. The highest BCUT2D eigenvalue weighted by Gasteiger charge is 2.19. The highest BCUT2D eigenvalue weighted by Crippen LogP contribution is 2.27. The normalized spacial score (nSPS) is 18.1. The summed E-state index contributed by atoms with van der Waals surface area (Å²) >= 11 is 0. The van der Waals surface area contributed by atoms with Crippen molar-refractivity contribution in [3.05, 3.63) is 65.3 Å². The number of aryl methyl sites for hydroxylation is 2. The molecule has 0 bridgehead atoms. The number of hydrogen-bond acceptors (Lipinski definition) is 1. The molecule has 1 nitrogen and oxygen atoms in total. The van der Waals surface area contributed by atoms with E-state index in [0.717, 1.165) is 25.3 Å². The molecule has 0 unspecified atom stereocenters. The summed E-state index contributed by atoms with van der Waals surface area (Å²) in [5.41, 5.74) is 7.27.